The number of carbonyl (C=O) groups is 1. The second-order valence-electron chi connectivity index (χ2n) is 4.78. The van der Waals surface area contributed by atoms with Crippen molar-refractivity contribution in [2.75, 3.05) is 19.0 Å². The van der Waals surface area contributed by atoms with E-state index in [1.807, 2.05) is 0 Å². The van der Waals surface area contributed by atoms with Gasteiger partial charge in [0, 0.05) is 12.2 Å². The minimum Gasteiger partial charge on any atom is -0.464 e. The Bertz CT molecular complexity index is 727. The van der Waals surface area contributed by atoms with Crippen LogP contribution in [0.4, 0.5) is 10.3 Å². The molecule has 2 N–H and O–H groups in total. The molecule has 0 amide bonds. The number of esters is 1. The number of anilines is 1. The van der Waals surface area contributed by atoms with Crippen molar-refractivity contribution in [1.82, 2.24) is 9.97 Å². The Morgan fingerprint density at radius 1 is 1.43 bits per heavy atom. The van der Waals surface area contributed by atoms with E-state index >= 15 is 0 Å². The average Bonchev–Trinajstić information content (AvgIpc) is 2.53. The summed E-state index contributed by atoms with van der Waals surface area (Å²) in [5.41, 5.74) is 1.03. The first-order valence-corrected chi connectivity index (χ1v) is 7.09. The van der Waals surface area contributed by atoms with E-state index in [0.29, 0.717) is 11.3 Å². The fraction of sp³-hybridized carbons (Fsp3) is 0.267. The number of methoxy groups -OCH3 is 1. The highest BCUT2D eigenvalue weighted by Gasteiger charge is 2.13. The normalized spacial score (nSPS) is 11.9. The Morgan fingerprint density at radius 3 is 2.83 bits per heavy atom. The van der Waals surface area contributed by atoms with Crippen LogP contribution in [0.2, 0.25) is 5.02 Å². The molecule has 0 saturated heterocycles. The van der Waals surface area contributed by atoms with Crippen LogP contribution in [0.25, 0.3) is 0 Å². The van der Waals surface area contributed by atoms with Crippen LogP contribution in [0.3, 0.4) is 0 Å². The van der Waals surface area contributed by atoms with E-state index in [1.165, 1.54) is 25.3 Å². The highest BCUT2D eigenvalue weighted by Crippen LogP contribution is 2.20. The number of halogens is 2. The van der Waals surface area contributed by atoms with Crippen LogP contribution in [0.15, 0.2) is 24.3 Å². The molecule has 1 atom stereocenters. The van der Waals surface area contributed by atoms with E-state index in [-0.39, 0.29) is 23.2 Å². The fourth-order valence-corrected chi connectivity index (χ4v) is 2.00. The predicted molar refractivity (Wildman–Crippen MR) is 83.0 cm³/mol. The number of aliphatic hydroxyl groups excluding tert-OH is 1. The van der Waals surface area contributed by atoms with Crippen LogP contribution >= 0.6 is 11.6 Å². The average molecular weight is 340 g/mol. The maximum absolute atomic E-state index is 13.4. The monoisotopic (exact) mass is 339 g/mol. The quantitative estimate of drug-likeness (QED) is 0.814. The standard InChI is InChI=1S/C15H15ClFN3O3/c1-8-5-12(14(22)23-2)20-15(19-8)18-7-13(21)9-3-4-10(16)11(17)6-9/h3-6,13,21H,7H2,1-2H3,(H,18,19,20)/t13-/m1/s1. The Hall–Kier alpha value is -2.25. The van der Waals surface area contributed by atoms with Gasteiger partial charge in [0.15, 0.2) is 5.69 Å². The summed E-state index contributed by atoms with van der Waals surface area (Å²) in [6.07, 6.45) is -0.993. The highest BCUT2D eigenvalue weighted by molar-refractivity contribution is 6.30. The SMILES string of the molecule is COC(=O)c1cc(C)nc(NC[C@@H](O)c2ccc(Cl)c(F)c2)n1. The second kappa shape index (κ2) is 7.34. The lowest BCUT2D eigenvalue weighted by molar-refractivity contribution is 0.0594. The molecule has 0 bridgehead atoms. The topological polar surface area (TPSA) is 84.3 Å². The number of aliphatic hydroxyl groups is 1. The molecule has 2 aromatic rings. The number of benzene rings is 1. The molecule has 122 valence electrons. The molecule has 1 aromatic heterocycles. The number of rotatable bonds is 5. The van der Waals surface area contributed by atoms with Gasteiger partial charge in [0.25, 0.3) is 0 Å². The van der Waals surface area contributed by atoms with Gasteiger partial charge in [-0.1, -0.05) is 17.7 Å². The van der Waals surface area contributed by atoms with Gasteiger partial charge in [-0.15, -0.1) is 0 Å². The van der Waals surface area contributed by atoms with E-state index in [4.69, 9.17) is 11.6 Å². The van der Waals surface area contributed by atoms with Crippen LogP contribution in [-0.4, -0.2) is 34.7 Å². The summed E-state index contributed by atoms with van der Waals surface area (Å²) in [5, 5.41) is 12.9. The van der Waals surface area contributed by atoms with Crippen LogP contribution in [-0.2, 0) is 4.74 Å². The molecule has 0 saturated carbocycles. The van der Waals surface area contributed by atoms with Crippen molar-refractivity contribution in [2.24, 2.45) is 0 Å². The van der Waals surface area contributed by atoms with Crippen molar-refractivity contribution in [3.05, 3.63) is 52.1 Å². The van der Waals surface area contributed by atoms with Crippen LogP contribution in [0, 0.1) is 12.7 Å². The maximum Gasteiger partial charge on any atom is 0.356 e. The summed E-state index contributed by atoms with van der Waals surface area (Å²) in [6, 6.07) is 5.54. The molecular weight excluding hydrogens is 325 g/mol. The van der Waals surface area contributed by atoms with Gasteiger partial charge in [-0.2, -0.15) is 0 Å². The van der Waals surface area contributed by atoms with E-state index in [9.17, 15) is 14.3 Å². The van der Waals surface area contributed by atoms with Gasteiger partial charge >= 0.3 is 5.97 Å². The number of aryl methyl sites for hydroxylation is 1. The zero-order valence-electron chi connectivity index (χ0n) is 12.5. The van der Waals surface area contributed by atoms with Crippen molar-refractivity contribution in [1.29, 1.82) is 0 Å². The number of nitrogens with one attached hydrogen (secondary N) is 1. The second-order valence-corrected chi connectivity index (χ2v) is 5.19. The molecule has 1 aromatic carbocycles. The van der Waals surface area contributed by atoms with Gasteiger partial charge in [-0.3, -0.25) is 0 Å². The van der Waals surface area contributed by atoms with Gasteiger partial charge in [0.05, 0.1) is 18.2 Å². The molecular formula is C15H15ClFN3O3. The first-order valence-electron chi connectivity index (χ1n) is 6.71. The molecule has 0 radical (unpaired) electrons. The van der Waals surface area contributed by atoms with Crippen molar-refractivity contribution in [3.8, 4) is 0 Å². The smallest absolute Gasteiger partial charge is 0.356 e. The van der Waals surface area contributed by atoms with Crippen LogP contribution < -0.4 is 5.32 Å². The van der Waals surface area contributed by atoms with Crippen molar-refractivity contribution < 1.29 is 19.0 Å². The highest BCUT2D eigenvalue weighted by atomic mass is 35.5. The number of carbonyl (C=O) groups excluding carboxylic acids is 1. The predicted octanol–water partition coefficient (Wildman–Crippen LogP) is 2.51. The third kappa shape index (κ3) is 4.37. The first-order chi connectivity index (χ1) is 10.9. The number of nitrogens with zero attached hydrogens (tertiary/aromatic N) is 2. The lowest BCUT2D eigenvalue weighted by atomic mass is 10.1. The zero-order valence-corrected chi connectivity index (χ0v) is 13.3. The Balaban J connectivity index is 2.09. The molecule has 0 fully saturated rings. The van der Waals surface area contributed by atoms with E-state index in [0.717, 1.165) is 6.07 Å². The van der Waals surface area contributed by atoms with Crippen LogP contribution in [0.5, 0.6) is 0 Å². The molecule has 23 heavy (non-hydrogen) atoms. The summed E-state index contributed by atoms with van der Waals surface area (Å²) in [7, 11) is 1.26. The minimum absolute atomic E-state index is 0.0151. The molecule has 8 heteroatoms. The van der Waals surface area contributed by atoms with E-state index in [2.05, 4.69) is 20.0 Å². The summed E-state index contributed by atoms with van der Waals surface area (Å²) < 4.78 is 18.0. The van der Waals surface area contributed by atoms with E-state index in [1.54, 1.807) is 6.92 Å². The van der Waals surface area contributed by atoms with Gasteiger partial charge in [0.1, 0.15) is 5.82 Å². The molecule has 0 unspecified atom stereocenters. The van der Waals surface area contributed by atoms with Gasteiger partial charge in [0.2, 0.25) is 5.95 Å². The summed E-state index contributed by atoms with van der Waals surface area (Å²) in [6.45, 7) is 1.73. The Kier molecular flexibility index (Phi) is 5.46. The Morgan fingerprint density at radius 2 is 2.17 bits per heavy atom. The molecule has 2 rings (SSSR count). The number of aromatic nitrogens is 2. The number of hydrogen-bond donors (Lipinski definition) is 2. The molecule has 0 aliphatic carbocycles. The molecule has 6 nitrogen and oxygen atoms in total. The van der Waals surface area contributed by atoms with Crippen molar-refractivity contribution in [2.45, 2.75) is 13.0 Å². The van der Waals surface area contributed by atoms with Gasteiger partial charge < -0.3 is 15.2 Å². The van der Waals surface area contributed by atoms with Gasteiger partial charge in [-0.25, -0.2) is 19.2 Å². The molecule has 0 aliphatic heterocycles. The fourth-order valence-electron chi connectivity index (χ4n) is 1.88. The van der Waals surface area contributed by atoms with E-state index < -0.39 is 17.9 Å². The van der Waals surface area contributed by atoms with Gasteiger partial charge in [-0.05, 0) is 30.7 Å². The molecule has 0 spiro atoms. The number of hydrogen-bond acceptors (Lipinski definition) is 6. The largest absolute Gasteiger partial charge is 0.464 e. The van der Waals surface area contributed by atoms with Crippen LogP contribution in [0.1, 0.15) is 27.8 Å². The number of ether oxygens (including phenoxy) is 1. The molecule has 1 heterocycles. The minimum atomic E-state index is -0.993. The lowest BCUT2D eigenvalue weighted by Crippen LogP contribution is -2.16. The lowest BCUT2D eigenvalue weighted by Gasteiger charge is -2.13. The third-order valence-corrected chi connectivity index (χ3v) is 3.34. The molecule has 0 aliphatic rings. The summed E-state index contributed by atoms with van der Waals surface area (Å²) in [4.78, 5) is 19.6. The maximum atomic E-state index is 13.4. The summed E-state index contributed by atoms with van der Waals surface area (Å²) in [5.74, 6) is -1.03. The first kappa shape index (κ1) is 17.1. The third-order valence-electron chi connectivity index (χ3n) is 3.03. The summed E-state index contributed by atoms with van der Waals surface area (Å²) >= 11 is 5.60. The van der Waals surface area contributed by atoms with Crippen molar-refractivity contribution in [3.63, 3.8) is 0 Å². The Labute approximate surface area is 137 Å². The van der Waals surface area contributed by atoms with Crippen molar-refractivity contribution >= 4 is 23.5 Å². The zero-order chi connectivity index (χ0) is 17.0.